The van der Waals surface area contributed by atoms with E-state index in [9.17, 15) is 4.79 Å². The molecule has 0 radical (unpaired) electrons. The lowest BCUT2D eigenvalue weighted by Gasteiger charge is -2.32. The fraction of sp³-hybridized carbons (Fsp3) is 0.762. The topological polar surface area (TPSA) is 42.0 Å². The summed E-state index contributed by atoms with van der Waals surface area (Å²) in [6.45, 7) is 7.37. The van der Waals surface area contributed by atoms with Gasteiger partial charge >= 0.3 is 0 Å². The van der Waals surface area contributed by atoms with Crippen LogP contribution in [0.1, 0.15) is 45.4 Å². The molecule has 0 aromatic carbocycles. The second-order valence-electron chi connectivity index (χ2n) is 7.83. The van der Waals surface area contributed by atoms with Gasteiger partial charge in [-0.1, -0.05) is 13.3 Å². The zero-order valence-electron chi connectivity index (χ0n) is 16.6. The summed E-state index contributed by atoms with van der Waals surface area (Å²) in [5, 5.41) is 0. The van der Waals surface area contributed by atoms with Crippen LogP contribution in [0.4, 0.5) is 0 Å². The molecular weight excluding hydrogens is 328 g/mol. The molecule has 2 fully saturated rings. The van der Waals surface area contributed by atoms with Gasteiger partial charge in [0.25, 0.3) is 0 Å². The van der Waals surface area contributed by atoms with Crippen molar-refractivity contribution in [2.45, 2.75) is 45.4 Å². The average Bonchev–Trinajstić information content (AvgIpc) is 3.27. The predicted octanol–water partition coefficient (Wildman–Crippen LogP) is 3.18. The Labute approximate surface area is 158 Å². The van der Waals surface area contributed by atoms with Crippen LogP contribution < -0.4 is 0 Å². The third kappa shape index (κ3) is 3.78. The highest BCUT2D eigenvalue weighted by Gasteiger charge is 2.47. The third-order valence-electron chi connectivity index (χ3n) is 6.12. The molecule has 2 saturated heterocycles. The second kappa shape index (κ2) is 8.47. The zero-order chi connectivity index (χ0) is 18.6. The molecule has 0 aromatic rings. The predicted molar refractivity (Wildman–Crippen MR) is 103 cm³/mol. The largest absolute Gasteiger partial charge is 0.501 e. The minimum atomic E-state index is -0.575. The summed E-state index contributed by atoms with van der Waals surface area (Å²) in [7, 11) is 3.40. The number of rotatable bonds is 8. The van der Waals surface area contributed by atoms with Gasteiger partial charge in [-0.05, 0) is 63.9 Å². The van der Waals surface area contributed by atoms with Crippen molar-refractivity contribution < 1.29 is 14.3 Å². The second-order valence-corrected chi connectivity index (χ2v) is 7.83. The van der Waals surface area contributed by atoms with Crippen LogP contribution in [0.3, 0.4) is 0 Å². The highest BCUT2D eigenvalue weighted by Crippen LogP contribution is 2.44. The number of hydrogen-bond donors (Lipinski definition) is 0. The Hall–Kier alpha value is -1.49. The molecule has 0 bridgehead atoms. The molecule has 2 heterocycles. The van der Waals surface area contributed by atoms with Gasteiger partial charge in [-0.25, -0.2) is 0 Å². The molecule has 146 valence electrons. The van der Waals surface area contributed by atoms with Crippen LogP contribution in [-0.4, -0.2) is 62.7 Å². The first kappa shape index (κ1) is 19.3. The van der Waals surface area contributed by atoms with Crippen molar-refractivity contribution in [3.05, 3.63) is 23.7 Å². The van der Waals surface area contributed by atoms with Crippen LogP contribution in [0.2, 0.25) is 0 Å². The average molecular weight is 363 g/mol. The molecule has 3 rings (SSSR count). The molecule has 0 aromatic heterocycles. The first-order chi connectivity index (χ1) is 12.6. The number of hydrogen-bond acceptors (Lipinski definition) is 4. The molecule has 3 aliphatic rings. The van der Waals surface area contributed by atoms with Crippen molar-refractivity contribution >= 4 is 5.91 Å². The normalized spacial score (nSPS) is 29.3. The van der Waals surface area contributed by atoms with Gasteiger partial charge in [-0.15, -0.1) is 0 Å². The van der Waals surface area contributed by atoms with Crippen molar-refractivity contribution in [3.8, 4) is 0 Å². The Bertz CT molecular complexity index is 542. The number of ether oxygens (including phenoxy) is 2. The Kier molecular flexibility index (Phi) is 6.28. The molecule has 2 aliphatic heterocycles. The third-order valence-corrected chi connectivity index (χ3v) is 6.12. The molecule has 0 unspecified atom stereocenters. The number of methoxy groups -OCH3 is 2. The number of nitrogens with zero attached hydrogens (tertiary/aromatic N) is 2. The molecule has 0 N–H and O–H groups in total. The zero-order valence-corrected chi connectivity index (χ0v) is 16.6. The molecular formula is C21H34N2O3. The van der Waals surface area contributed by atoms with E-state index in [1.54, 1.807) is 14.2 Å². The van der Waals surface area contributed by atoms with E-state index in [2.05, 4.69) is 24.0 Å². The highest BCUT2D eigenvalue weighted by atomic mass is 16.5. The molecule has 0 saturated carbocycles. The molecule has 0 atom stereocenters. The van der Waals surface area contributed by atoms with Crippen molar-refractivity contribution in [1.82, 2.24) is 9.80 Å². The minimum Gasteiger partial charge on any atom is -0.501 e. The van der Waals surface area contributed by atoms with Crippen LogP contribution in [0.5, 0.6) is 0 Å². The summed E-state index contributed by atoms with van der Waals surface area (Å²) in [5.74, 6) is 2.12. The van der Waals surface area contributed by atoms with Gasteiger partial charge in [0.15, 0.2) is 0 Å². The van der Waals surface area contributed by atoms with Crippen LogP contribution >= 0.6 is 0 Å². The lowest BCUT2D eigenvalue weighted by molar-refractivity contribution is -0.132. The maximum Gasteiger partial charge on any atom is 0.236 e. The monoisotopic (exact) mass is 362 g/mol. The molecule has 26 heavy (non-hydrogen) atoms. The molecule has 5 nitrogen and oxygen atoms in total. The van der Waals surface area contributed by atoms with Crippen molar-refractivity contribution in [1.29, 1.82) is 0 Å². The van der Waals surface area contributed by atoms with Crippen LogP contribution in [0, 0.1) is 11.3 Å². The van der Waals surface area contributed by atoms with Gasteiger partial charge in [-0.3, -0.25) is 4.79 Å². The van der Waals surface area contributed by atoms with Gasteiger partial charge < -0.3 is 19.3 Å². The van der Waals surface area contributed by atoms with E-state index in [-0.39, 0.29) is 11.8 Å². The lowest BCUT2D eigenvalue weighted by atomic mass is 9.77. The van der Waals surface area contributed by atoms with Crippen LogP contribution in [0.15, 0.2) is 23.7 Å². The van der Waals surface area contributed by atoms with Gasteiger partial charge in [0, 0.05) is 13.1 Å². The fourth-order valence-corrected chi connectivity index (χ4v) is 4.66. The number of carbonyl (C=O) groups is 1. The quantitative estimate of drug-likeness (QED) is 0.665. The van der Waals surface area contributed by atoms with Crippen molar-refractivity contribution in [3.63, 3.8) is 0 Å². The Morgan fingerprint density at radius 1 is 1.08 bits per heavy atom. The highest BCUT2D eigenvalue weighted by molar-refractivity contribution is 5.89. The smallest absolute Gasteiger partial charge is 0.236 e. The van der Waals surface area contributed by atoms with Gasteiger partial charge in [0.05, 0.1) is 25.6 Å². The van der Waals surface area contributed by atoms with E-state index in [1.807, 2.05) is 4.90 Å². The first-order valence-corrected chi connectivity index (χ1v) is 10.2. The molecule has 1 amide bonds. The summed E-state index contributed by atoms with van der Waals surface area (Å²) < 4.78 is 11.3. The van der Waals surface area contributed by atoms with Crippen molar-refractivity contribution in [2.75, 3.05) is 46.9 Å². The summed E-state index contributed by atoms with van der Waals surface area (Å²) in [6.07, 6.45) is 10.7. The number of carbonyl (C=O) groups excluding carboxylic acids is 1. The summed E-state index contributed by atoms with van der Waals surface area (Å²) in [4.78, 5) is 17.8. The van der Waals surface area contributed by atoms with Gasteiger partial charge in [0.1, 0.15) is 11.5 Å². The Morgan fingerprint density at radius 3 is 2.31 bits per heavy atom. The Balaban J connectivity index is 1.67. The standard InChI is InChI=1S/C21H34N2O3/c1-4-8-17-18(25-2)15-21(16-19(17)26-3)9-14-23(20(21)24)13-7-12-22-10-5-6-11-22/h15-17H,4-14H2,1-3H3. The van der Waals surface area contributed by atoms with Crippen molar-refractivity contribution in [2.24, 2.45) is 11.3 Å². The number of amides is 1. The van der Waals surface area contributed by atoms with E-state index < -0.39 is 5.41 Å². The van der Waals surface area contributed by atoms with E-state index in [1.165, 1.54) is 25.9 Å². The Morgan fingerprint density at radius 2 is 1.73 bits per heavy atom. The van der Waals surface area contributed by atoms with E-state index in [0.717, 1.165) is 56.8 Å². The lowest BCUT2D eigenvalue weighted by Crippen LogP contribution is -2.36. The van der Waals surface area contributed by atoms with E-state index in [4.69, 9.17) is 9.47 Å². The maximum absolute atomic E-state index is 13.2. The first-order valence-electron chi connectivity index (χ1n) is 10.2. The SMILES string of the molecule is CCCC1C(OC)=CC2(C=C1OC)CCN(CCCN1CCCC1)C2=O. The molecule has 5 heteroatoms. The van der Waals surface area contributed by atoms with E-state index in [0.29, 0.717) is 0 Å². The molecule has 1 aliphatic carbocycles. The van der Waals surface area contributed by atoms with Gasteiger partial charge in [-0.2, -0.15) is 0 Å². The maximum atomic E-state index is 13.2. The van der Waals surface area contributed by atoms with Gasteiger partial charge in [0.2, 0.25) is 5.91 Å². The van der Waals surface area contributed by atoms with E-state index >= 15 is 0 Å². The number of likely N-dealkylation sites (tertiary alicyclic amines) is 2. The fourth-order valence-electron chi connectivity index (χ4n) is 4.66. The summed E-state index contributed by atoms with van der Waals surface area (Å²) in [6, 6.07) is 0. The minimum absolute atomic E-state index is 0.137. The molecule has 1 spiro atoms. The van der Waals surface area contributed by atoms with Crippen LogP contribution in [-0.2, 0) is 14.3 Å². The summed E-state index contributed by atoms with van der Waals surface area (Å²) in [5.41, 5.74) is -0.575. The van der Waals surface area contributed by atoms with Crippen LogP contribution in [0.25, 0.3) is 0 Å². The summed E-state index contributed by atoms with van der Waals surface area (Å²) >= 11 is 0.